The second kappa shape index (κ2) is 5.73. The molecule has 2 heteroatoms. The smallest absolute Gasteiger partial charge is 0.0697 e. The molecule has 2 aliphatic carbocycles. The van der Waals surface area contributed by atoms with Crippen LogP contribution in [0.4, 0.5) is 0 Å². The van der Waals surface area contributed by atoms with Crippen molar-refractivity contribution in [1.29, 1.82) is 0 Å². The van der Waals surface area contributed by atoms with Crippen LogP contribution in [-0.2, 0) is 4.74 Å². The first-order chi connectivity index (χ1) is 9.26. The minimum Gasteiger partial charge on any atom is -0.375 e. The summed E-state index contributed by atoms with van der Waals surface area (Å²) in [7, 11) is 0. The quantitative estimate of drug-likeness (QED) is 0.810. The highest BCUT2D eigenvalue weighted by Gasteiger charge is 2.43. The third kappa shape index (κ3) is 3.33. The molecule has 1 atom stereocenters. The van der Waals surface area contributed by atoms with E-state index in [-0.39, 0.29) is 5.60 Å². The Kier molecular flexibility index (Phi) is 4.19. The Labute approximate surface area is 118 Å². The normalized spacial score (nSPS) is 32.4. The molecule has 3 rings (SSSR count). The number of rotatable bonds is 5. The minimum absolute atomic E-state index is 0.260. The van der Waals surface area contributed by atoms with Gasteiger partial charge in [-0.05, 0) is 50.4 Å². The summed E-state index contributed by atoms with van der Waals surface area (Å²) in [4.78, 5) is 0. The molecule has 3 fully saturated rings. The summed E-state index contributed by atoms with van der Waals surface area (Å²) in [5.41, 5.74) is 0.947. The van der Waals surface area contributed by atoms with Crippen molar-refractivity contribution in [2.45, 2.75) is 89.2 Å². The van der Waals surface area contributed by atoms with Crippen LogP contribution in [0.5, 0.6) is 0 Å². The molecule has 0 aromatic heterocycles. The van der Waals surface area contributed by atoms with Gasteiger partial charge in [-0.15, -0.1) is 0 Å². The molecule has 0 amide bonds. The van der Waals surface area contributed by atoms with E-state index in [0.29, 0.717) is 5.41 Å². The monoisotopic (exact) mass is 265 g/mol. The zero-order valence-electron chi connectivity index (χ0n) is 12.7. The van der Waals surface area contributed by atoms with Crippen LogP contribution in [0, 0.1) is 5.41 Å². The van der Waals surface area contributed by atoms with Crippen LogP contribution in [0.15, 0.2) is 0 Å². The fraction of sp³-hybridized carbons (Fsp3) is 1.00. The lowest BCUT2D eigenvalue weighted by atomic mass is 9.78. The van der Waals surface area contributed by atoms with Gasteiger partial charge in [-0.3, -0.25) is 0 Å². The van der Waals surface area contributed by atoms with Gasteiger partial charge in [0.25, 0.3) is 0 Å². The van der Waals surface area contributed by atoms with Crippen molar-refractivity contribution in [3.05, 3.63) is 0 Å². The summed E-state index contributed by atoms with van der Waals surface area (Å²) in [6.07, 6.45) is 15.0. The lowest BCUT2D eigenvalue weighted by molar-refractivity contribution is -0.109. The van der Waals surface area contributed by atoms with Gasteiger partial charge in [0.1, 0.15) is 0 Å². The summed E-state index contributed by atoms with van der Waals surface area (Å²) >= 11 is 0. The molecule has 1 heterocycles. The van der Waals surface area contributed by atoms with Crippen LogP contribution in [0.25, 0.3) is 0 Å². The fourth-order valence-electron chi connectivity index (χ4n) is 4.33. The molecule has 0 aromatic carbocycles. The van der Waals surface area contributed by atoms with Crippen LogP contribution >= 0.6 is 0 Å². The van der Waals surface area contributed by atoms with Gasteiger partial charge in [0.05, 0.1) is 5.60 Å². The molecule has 19 heavy (non-hydrogen) atoms. The molecule has 1 spiro atoms. The zero-order chi connectivity index (χ0) is 13.2. The van der Waals surface area contributed by atoms with Crippen LogP contribution < -0.4 is 5.32 Å². The Hall–Kier alpha value is -0.0800. The van der Waals surface area contributed by atoms with E-state index in [0.717, 1.165) is 12.6 Å². The summed E-state index contributed by atoms with van der Waals surface area (Å²) < 4.78 is 6.19. The predicted molar refractivity (Wildman–Crippen MR) is 79.4 cm³/mol. The van der Waals surface area contributed by atoms with E-state index in [1.165, 1.54) is 77.2 Å². The summed E-state index contributed by atoms with van der Waals surface area (Å²) in [5, 5.41) is 3.90. The lowest BCUT2D eigenvalue weighted by Crippen LogP contribution is -2.49. The summed E-state index contributed by atoms with van der Waals surface area (Å²) in [5.74, 6) is 0. The third-order valence-corrected chi connectivity index (χ3v) is 5.76. The summed E-state index contributed by atoms with van der Waals surface area (Å²) in [6, 6.07) is 0.723. The standard InChI is InChI=1S/C17H31NO/c1-2-7-16(10-11-16)14-18-15-6-12-19-17(13-15)8-4-3-5-9-17/h15,18H,2-14H2,1H3. The van der Waals surface area contributed by atoms with Crippen LogP contribution in [-0.4, -0.2) is 24.8 Å². The molecule has 1 N–H and O–H groups in total. The average Bonchev–Trinajstić information content (AvgIpc) is 3.18. The molecule has 1 aliphatic heterocycles. The first-order valence-corrected chi connectivity index (χ1v) is 8.63. The van der Waals surface area contributed by atoms with Crippen molar-refractivity contribution < 1.29 is 4.74 Å². The van der Waals surface area contributed by atoms with Crippen molar-refractivity contribution in [3.63, 3.8) is 0 Å². The summed E-state index contributed by atoms with van der Waals surface area (Å²) in [6.45, 7) is 4.57. The second-order valence-corrected chi connectivity index (χ2v) is 7.41. The molecular weight excluding hydrogens is 234 g/mol. The number of hydrogen-bond acceptors (Lipinski definition) is 2. The van der Waals surface area contributed by atoms with E-state index in [1.54, 1.807) is 0 Å². The van der Waals surface area contributed by atoms with E-state index in [4.69, 9.17) is 4.74 Å². The molecule has 2 saturated carbocycles. The van der Waals surface area contributed by atoms with Gasteiger partial charge < -0.3 is 10.1 Å². The number of nitrogens with one attached hydrogen (secondary N) is 1. The highest BCUT2D eigenvalue weighted by atomic mass is 16.5. The van der Waals surface area contributed by atoms with Crippen molar-refractivity contribution >= 4 is 0 Å². The Balaban J connectivity index is 1.48. The van der Waals surface area contributed by atoms with Gasteiger partial charge in [-0.2, -0.15) is 0 Å². The molecule has 1 saturated heterocycles. The van der Waals surface area contributed by atoms with Crippen molar-refractivity contribution in [3.8, 4) is 0 Å². The molecule has 2 nitrogen and oxygen atoms in total. The van der Waals surface area contributed by atoms with E-state index < -0.39 is 0 Å². The van der Waals surface area contributed by atoms with Crippen LogP contribution in [0.3, 0.4) is 0 Å². The van der Waals surface area contributed by atoms with Crippen LogP contribution in [0.2, 0.25) is 0 Å². The largest absolute Gasteiger partial charge is 0.375 e. The first kappa shape index (κ1) is 13.9. The third-order valence-electron chi connectivity index (χ3n) is 5.76. The lowest BCUT2D eigenvalue weighted by Gasteiger charge is -2.44. The second-order valence-electron chi connectivity index (χ2n) is 7.41. The highest BCUT2D eigenvalue weighted by Crippen LogP contribution is 2.49. The molecule has 1 unspecified atom stereocenters. The van der Waals surface area contributed by atoms with Gasteiger partial charge in [0, 0.05) is 19.2 Å². The van der Waals surface area contributed by atoms with Gasteiger partial charge >= 0.3 is 0 Å². The molecule has 0 bridgehead atoms. The Morgan fingerprint density at radius 2 is 1.89 bits per heavy atom. The Morgan fingerprint density at radius 3 is 2.58 bits per heavy atom. The van der Waals surface area contributed by atoms with Crippen LogP contribution in [0.1, 0.15) is 77.6 Å². The Bertz CT molecular complexity index is 286. The Morgan fingerprint density at radius 1 is 1.11 bits per heavy atom. The average molecular weight is 265 g/mol. The maximum Gasteiger partial charge on any atom is 0.0697 e. The van der Waals surface area contributed by atoms with E-state index >= 15 is 0 Å². The maximum atomic E-state index is 6.19. The van der Waals surface area contributed by atoms with Gasteiger partial charge in [-0.25, -0.2) is 0 Å². The van der Waals surface area contributed by atoms with Gasteiger partial charge in [0.15, 0.2) is 0 Å². The molecule has 0 aromatic rings. The molecule has 110 valence electrons. The van der Waals surface area contributed by atoms with Crippen molar-refractivity contribution in [1.82, 2.24) is 5.32 Å². The first-order valence-electron chi connectivity index (χ1n) is 8.63. The van der Waals surface area contributed by atoms with E-state index in [1.807, 2.05) is 0 Å². The van der Waals surface area contributed by atoms with E-state index in [9.17, 15) is 0 Å². The maximum absolute atomic E-state index is 6.19. The molecular formula is C17H31NO. The molecule has 0 radical (unpaired) electrons. The SMILES string of the molecule is CCCC1(CNC2CCOC3(CCCCC3)C2)CC1. The van der Waals surface area contributed by atoms with Crippen molar-refractivity contribution in [2.75, 3.05) is 13.2 Å². The minimum atomic E-state index is 0.260. The molecule has 3 aliphatic rings. The number of ether oxygens (including phenoxy) is 1. The van der Waals surface area contributed by atoms with Crippen molar-refractivity contribution in [2.24, 2.45) is 5.41 Å². The van der Waals surface area contributed by atoms with E-state index in [2.05, 4.69) is 12.2 Å². The fourth-order valence-corrected chi connectivity index (χ4v) is 4.33. The zero-order valence-corrected chi connectivity index (χ0v) is 12.7. The topological polar surface area (TPSA) is 21.3 Å². The van der Waals surface area contributed by atoms with Gasteiger partial charge in [0.2, 0.25) is 0 Å². The van der Waals surface area contributed by atoms with Gasteiger partial charge in [-0.1, -0.05) is 32.6 Å². The predicted octanol–water partition coefficient (Wildman–Crippen LogP) is 4.04. The highest BCUT2D eigenvalue weighted by molar-refractivity contribution is 4.97. The number of hydrogen-bond donors (Lipinski definition) is 1.